The summed E-state index contributed by atoms with van der Waals surface area (Å²) in [5.41, 5.74) is 4.88. The lowest BCUT2D eigenvalue weighted by atomic mass is 9.96. The van der Waals surface area contributed by atoms with Gasteiger partial charge >= 0.3 is 0 Å². The average Bonchev–Trinajstić information content (AvgIpc) is 3.13. The smallest absolute Gasteiger partial charge is 0.269 e. The molecular weight excluding hydrogens is 389 g/mol. The van der Waals surface area contributed by atoms with Gasteiger partial charge in [0.25, 0.3) is 5.91 Å². The largest absolute Gasteiger partial charge is 0.357 e. The maximum absolute atomic E-state index is 12.8. The monoisotopic (exact) mass is 409 g/mol. The van der Waals surface area contributed by atoms with E-state index in [9.17, 15) is 14.0 Å². The zero-order chi connectivity index (χ0) is 19.1. The molecule has 0 bridgehead atoms. The summed E-state index contributed by atoms with van der Waals surface area (Å²) in [6, 6.07) is 5.50. The van der Waals surface area contributed by atoms with Gasteiger partial charge in [0.05, 0.1) is 5.75 Å². The molecule has 0 aliphatic heterocycles. The molecule has 0 radical (unpaired) electrons. The summed E-state index contributed by atoms with van der Waals surface area (Å²) in [7, 11) is 0. The van der Waals surface area contributed by atoms with Crippen molar-refractivity contribution in [2.75, 3.05) is 11.1 Å². The second-order valence-electron chi connectivity index (χ2n) is 6.15. The van der Waals surface area contributed by atoms with Gasteiger partial charge in [0, 0.05) is 11.6 Å². The standard InChI is InChI=1S/C17H20FN5O2S2/c18-12-8-6-11(7-9-12)15(25)21-20-14(24)10-26-17-23-22-16(27-17)19-13-4-2-1-3-5-13/h6-9,13H,1-5,10H2,(H,19,22)(H,20,24)(H,21,25). The van der Waals surface area contributed by atoms with E-state index in [4.69, 9.17) is 0 Å². The second-order valence-corrected chi connectivity index (χ2v) is 8.35. The molecular formula is C17H20FN5O2S2. The van der Waals surface area contributed by atoms with E-state index >= 15 is 0 Å². The van der Waals surface area contributed by atoms with Crippen molar-refractivity contribution in [1.29, 1.82) is 0 Å². The molecule has 2 aromatic rings. The lowest BCUT2D eigenvalue weighted by Gasteiger charge is -2.21. The molecule has 0 saturated heterocycles. The normalized spacial score (nSPS) is 14.6. The van der Waals surface area contributed by atoms with Crippen LogP contribution < -0.4 is 16.2 Å². The molecule has 0 spiro atoms. The van der Waals surface area contributed by atoms with Crippen molar-refractivity contribution in [3.8, 4) is 0 Å². The fourth-order valence-corrected chi connectivity index (χ4v) is 4.34. The number of carbonyl (C=O) groups is 2. The maximum atomic E-state index is 12.8. The van der Waals surface area contributed by atoms with Crippen LogP contribution in [0.5, 0.6) is 0 Å². The molecule has 1 fully saturated rings. The Balaban J connectivity index is 1.38. The number of rotatable bonds is 6. The third kappa shape index (κ3) is 6.17. The molecule has 1 aliphatic carbocycles. The lowest BCUT2D eigenvalue weighted by molar-refractivity contribution is -0.119. The fraction of sp³-hybridized carbons (Fsp3) is 0.412. The minimum absolute atomic E-state index is 0.0990. The van der Waals surface area contributed by atoms with E-state index in [1.54, 1.807) is 0 Å². The molecule has 1 saturated carbocycles. The quantitative estimate of drug-likeness (QED) is 0.501. The first-order valence-electron chi connectivity index (χ1n) is 8.68. The van der Waals surface area contributed by atoms with Gasteiger partial charge in [0.15, 0.2) is 4.34 Å². The third-order valence-corrected chi connectivity index (χ3v) is 6.08. The summed E-state index contributed by atoms with van der Waals surface area (Å²) >= 11 is 2.67. The number of carbonyl (C=O) groups excluding carboxylic acids is 2. The molecule has 0 atom stereocenters. The fourth-order valence-electron chi connectivity index (χ4n) is 2.71. The molecule has 3 N–H and O–H groups in total. The summed E-state index contributed by atoms with van der Waals surface area (Å²) in [5.74, 6) is -1.21. The van der Waals surface area contributed by atoms with Crippen LogP contribution in [-0.4, -0.2) is 33.8 Å². The highest BCUT2D eigenvalue weighted by Gasteiger charge is 2.16. The van der Waals surface area contributed by atoms with E-state index in [1.807, 2.05) is 0 Å². The number of nitrogens with one attached hydrogen (secondary N) is 3. The minimum atomic E-state index is -0.511. The molecule has 1 heterocycles. The lowest BCUT2D eigenvalue weighted by Crippen LogP contribution is -2.42. The van der Waals surface area contributed by atoms with Crippen molar-refractivity contribution in [3.05, 3.63) is 35.6 Å². The van der Waals surface area contributed by atoms with Crippen LogP contribution >= 0.6 is 23.1 Å². The molecule has 7 nitrogen and oxygen atoms in total. The Morgan fingerprint density at radius 3 is 2.59 bits per heavy atom. The molecule has 1 aromatic heterocycles. The summed E-state index contributed by atoms with van der Waals surface area (Å²) in [6.07, 6.45) is 6.07. The SMILES string of the molecule is O=C(CSc1nnc(NC2CCCCC2)s1)NNC(=O)c1ccc(F)cc1. The van der Waals surface area contributed by atoms with Crippen LogP contribution in [0.25, 0.3) is 0 Å². The summed E-state index contributed by atoms with van der Waals surface area (Å²) in [5, 5.41) is 12.4. The van der Waals surface area contributed by atoms with E-state index in [0.717, 1.165) is 18.0 Å². The first kappa shape index (κ1) is 19.6. The van der Waals surface area contributed by atoms with Crippen LogP contribution in [0, 0.1) is 5.82 Å². The molecule has 27 heavy (non-hydrogen) atoms. The Morgan fingerprint density at radius 1 is 1.11 bits per heavy atom. The van der Waals surface area contributed by atoms with Crippen molar-refractivity contribution < 1.29 is 14.0 Å². The van der Waals surface area contributed by atoms with Crippen LogP contribution in [0.4, 0.5) is 9.52 Å². The number of nitrogens with zero attached hydrogens (tertiary/aromatic N) is 2. The van der Waals surface area contributed by atoms with Crippen LogP contribution in [0.2, 0.25) is 0 Å². The Labute approximate surface area is 164 Å². The van der Waals surface area contributed by atoms with E-state index < -0.39 is 11.7 Å². The van der Waals surface area contributed by atoms with Crippen molar-refractivity contribution in [3.63, 3.8) is 0 Å². The van der Waals surface area contributed by atoms with Gasteiger partial charge in [-0.3, -0.25) is 20.4 Å². The van der Waals surface area contributed by atoms with Gasteiger partial charge in [-0.15, -0.1) is 10.2 Å². The van der Waals surface area contributed by atoms with Crippen LogP contribution in [0.1, 0.15) is 42.5 Å². The molecule has 144 valence electrons. The van der Waals surface area contributed by atoms with Gasteiger partial charge in [0.2, 0.25) is 11.0 Å². The molecule has 0 unspecified atom stereocenters. The zero-order valence-electron chi connectivity index (χ0n) is 14.5. The number of anilines is 1. The van der Waals surface area contributed by atoms with Gasteiger partial charge in [-0.1, -0.05) is 42.4 Å². The highest BCUT2D eigenvalue weighted by molar-refractivity contribution is 8.01. The topological polar surface area (TPSA) is 96.0 Å². The van der Waals surface area contributed by atoms with Crippen molar-refractivity contribution in [2.24, 2.45) is 0 Å². The van der Waals surface area contributed by atoms with Crippen LogP contribution in [-0.2, 0) is 4.79 Å². The maximum Gasteiger partial charge on any atom is 0.269 e. The molecule has 1 aliphatic rings. The number of amides is 2. The Morgan fingerprint density at radius 2 is 1.85 bits per heavy atom. The van der Waals surface area contributed by atoms with Gasteiger partial charge in [-0.25, -0.2) is 4.39 Å². The summed E-state index contributed by atoms with van der Waals surface area (Å²) in [6.45, 7) is 0. The van der Waals surface area contributed by atoms with E-state index in [2.05, 4.69) is 26.4 Å². The number of hydrogen-bond donors (Lipinski definition) is 3. The van der Waals surface area contributed by atoms with E-state index in [-0.39, 0.29) is 17.2 Å². The van der Waals surface area contributed by atoms with Crippen LogP contribution in [0.3, 0.4) is 0 Å². The first-order chi connectivity index (χ1) is 13.1. The molecule has 2 amide bonds. The number of thioether (sulfide) groups is 1. The second kappa shape index (κ2) is 9.65. The van der Waals surface area contributed by atoms with Crippen LogP contribution in [0.15, 0.2) is 28.6 Å². The van der Waals surface area contributed by atoms with E-state index in [0.29, 0.717) is 10.4 Å². The third-order valence-electron chi connectivity index (χ3n) is 4.09. The van der Waals surface area contributed by atoms with Crippen molar-refractivity contribution in [1.82, 2.24) is 21.0 Å². The number of aromatic nitrogens is 2. The Hall–Kier alpha value is -2.20. The van der Waals surface area contributed by atoms with Gasteiger partial charge in [-0.05, 0) is 37.1 Å². The highest BCUT2D eigenvalue weighted by atomic mass is 32.2. The number of hydrogen-bond acceptors (Lipinski definition) is 7. The van der Waals surface area contributed by atoms with Crippen molar-refractivity contribution in [2.45, 2.75) is 42.5 Å². The number of benzene rings is 1. The average molecular weight is 410 g/mol. The Kier molecular flexibility index (Phi) is 6.99. The summed E-state index contributed by atoms with van der Waals surface area (Å²) < 4.78 is 13.5. The molecule has 1 aromatic carbocycles. The van der Waals surface area contributed by atoms with Gasteiger partial charge in [-0.2, -0.15) is 0 Å². The number of halogens is 1. The minimum Gasteiger partial charge on any atom is -0.357 e. The van der Waals surface area contributed by atoms with Crippen molar-refractivity contribution >= 4 is 40.0 Å². The first-order valence-corrected chi connectivity index (χ1v) is 10.5. The van der Waals surface area contributed by atoms with E-state index in [1.165, 1.54) is 66.6 Å². The zero-order valence-corrected chi connectivity index (χ0v) is 16.2. The predicted molar refractivity (Wildman–Crippen MR) is 103 cm³/mol. The molecule has 10 heteroatoms. The molecule has 3 rings (SSSR count). The Bertz CT molecular complexity index is 778. The predicted octanol–water partition coefficient (Wildman–Crippen LogP) is 2.98. The summed E-state index contributed by atoms with van der Waals surface area (Å²) in [4.78, 5) is 23.7. The highest BCUT2D eigenvalue weighted by Crippen LogP contribution is 2.28. The number of hydrazine groups is 1. The van der Waals surface area contributed by atoms with Gasteiger partial charge in [0.1, 0.15) is 5.82 Å². The van der Waals surface area contributed by atoms with Gasteiger partial charge < -0.3 is 5.32 Å².